The van der Waals surface area contributed by atoms with E-state index in [9.17, 15) is 4.79 Å². The third-order valence-corrected chi connectivity index (χ3v) is 2.88. The van der Waals surface area contributed by atoms with Crippen LogP contribution < -0.4 is 10.1 Å². The summed E-state index contributed by atoms with van der Waals surface area (Å²) in [4.78, 5) is 11.3. The number of ether oxygens (including phenoxy) is 2. The van der Waals surface area contributed by atoms with Crippen molar-refractivity contribution in [1.29, 1.82) is 0 Å². The molecule has 100 valence electrons. The van der Waals surface area contributed by atoms with Gasteiger partial charge >= 0.3 is 0 Å². The molecular formula is C15H17NO3. The molecule has 1 N–H and O–H groups in total. The molecule has 2 rings (SSSR count). The first-order valence-corrected chi connectivity index (χ1v) is 6.05. The Balaban J connectivity index is 2.11. The number of carbonyl (C=O) groups is 1. The van der Waals surface area contributed by atoms with E-state index in [1.807, 2.05) is 30.3 Å². The van der Waals surface area contributed by atoms with Crippen molar-refractivity contribution >= 4 is 16.7 Å². The van der Waals surface area contributed by atoms with E-state index in [0.717, 1.165) is 22.1 Å². The summed E-state index contributed by atoms with van der Waals surface area (Å²) in [5.74, 6) is 0.728. The first-order chi connectivity index (χ1) is 9.22. The number of carbonyl (C=O) groups excluding carboxylic acids is 1. The molecule has 0 atom stereocenters. The van der Waals surface area contributed by atoms with Crippen molar-refractivity contribution in [3.63, 3.8) is 0 Å². The maximum atomic E-state index is 11.3. The zero-order chi connectivity index (χ0) is 13.7. The summed E-state index contributed by atoms with van der Waals surface area (Å²) in [6.45, 7) is 0.592. The molecule has 0 saturated heterocycles. The smallest absolute Gasteiger partial charge is 0.246 e. The SMILES string of the molecule is COCC(=O)NCc1ccc2cc(OC)ccc2c1. The summed E-state index contributed by atoms with van der Waals surface area (Å²) in [6, 6.07) is 12.0. The quantitative estimate of drug-likeness (QED) is 0.894. The zero-order valence-electron chi connectivity index (χ0n) is 11.1. The maximum absolute atomic E-state index is 11.3. The van der Waals surface area contributed by atoms with E-state index in [-0.39, 0.29) is 12.5 Å². The highest BCUT2D eigenvalue weighted by Crippen LogP contribution is 2.21. The van der Waals surface area contributed by atoms with E-state index in [0.29, 0.717) is 6.54 Å². The minimum atomic E-state index is -0.114. The summed E-state index contributed by atoms with van der Waals surface area (Å²) in [5.41, 5.74) is 1.06. The number of hydrogen-bond donors (Lipinski definition) is 1. The van der Waals surface area contributed by atoms with E-state index in [1.165, 1.54) is 7.11 Å². The third-order valence-electron chi connectivity index (χ3n) is 2.88. The molecule has 1 amide bonds. The number of benzene rings is 2. The lowest BCUT2D eigenvalue weighted by Crippen LogP contribution is -2.26. The van der Waals surface area contributed by atoms with Gasteiger partial charge in [0, 0.05) is 13.7 Å². The molecule has 0 aliphatic heterocycles. The molecule has 0 unspecified atom stereocenters. The fourth-order valence-electron chi connectivity index (χ4n) is 1.89. The minimum absolute atomic E-state index is 0.0881. The fraction of sp³-hybridized carbons (Fsp3) is 0.267. The van der Waals surface area contributed by atoms with Gasteiger partial charge in [0.2, 0.25) is 5.91 Å². The van der Waals surface area contributed by atoms with Crippen LogP contribution in [0.5, 0.6) is 5.75 Å². The maximum Gasteiger partial charge on any atom is 0.246 e. The number of amides is 1. The lowest BCUT2D eigenvalue weighted by molar-refractivity contribution is -0.124. The summed E-state index contributed by atoms with van der Waals surface area (Å²) >= 11 is 0. The first-order valence-electron chi connectivity index (χ1n) is 6.05. The number of methoxy groups -OCH3 is 2. The normalized spacial score (nSPS) is 10.4. The predicted octanol–water partition coefficient (Wildman–Crippen LogP) is 2.11. The van der Waals surface area contributed by atoms with Gasteiger partial charge in [-0.2, -0.15) is 0 Å². The van der Waals surface area contributed by atoms with E-state index >= 15 is 0 Å². The highest BCUT2D eigenvalue weighted by molar-refractivity contribution is 5.84. The van der Waals surface area contributed by atoms with Crippen molar-refractivity contribution < 1.29 is 14.3 Å². The Morgan fingerprint density at radius 2 is 1.84 bits per heavy atom. The van der Waals surface area contributed by atoms with Gasteiger partial charge in [0.05, 0.1) is 7.11 Å². The summed E-state index contributed by atoms with van der Waals surface area (Å²) in [5, 5.41) is 5.04. The first kappa shape index (κ1) is 13.4. The Bertz CT molecular complexity index is 581. The van der Waals surface area contributed by atoms with Crippen LogP contribution in [0.3, 0.4) is 0 Å². The second-order valence-corrected chi connectivity index (χ2v) is 4.26. The largest absolute Gasteiger partial charge is 0.497 e. The van der Waals surface area contributed by atoms with Gasteiger partial charge in [0.15, 0.2) is 0 Å². The lowest BCUT2D eigenvalue weighted by Gasteiger charge is -2.07. The minimum Gasteiger partial charge on any atom is -0.497 e. The Hall–Kier alpha value is -2.07. The Morgan fingerprint density at radius 1 is 1.11 bits per heavy atom. The van der Waals surface area contributed by atoms with Gasteiger partial charge in [-0.1, -0.05) is 18.2 Å². The van der Waals surface area contributed by atoms with Crippen LogP contribution in [0, 0.1) is 0 Å². The van der Waals surface area contributed by atoms with Crippen LogP contribution in [-0.4, -0.2) is 26.7 Å². The monoisotopic (exact) mass is 259 g/mol. The molecule has 0 aliphatic rings. The Labute approximate surface area is 112 Å². The van der Waals surface area contributed by atoms with Gasteiger partial charge < -0.3 is 14.8 Å². The van der Waals surface area contributed by atoms with Gasteiger partial charge in [0.25, 0.3) is 0 Å². The predicted molar refractivity (Wildman–Crippen MR) is 74.2 cm³/mol. The molecule has 0 aliphatic carbocycles. The summed E-state index contributed by atoms with van der Waals surface area (Å²) in [6.07, 6.45) is 0. The highest BCUT2D eigenvalue weighted by Gasteiger charge is 2.02. The number of rotatable bonds is 5. The third kappa shape index (κ3) is 3.45. The molecule has 2 aromatic rings. The van der Waals surface area contributed by atoms with E-state index in [2.05, 4.69) is 11.4 Å². The van der Waals surface area contributed by atoms with Crippen LogP contribution >= 0.6 is 0 Å². The van der Waals surface area contributed by atoms with Crippen molar-refractivity contribution in [3.8, 4) is 5.75 Å². The molecule has 0 bridgehead atoms. The molecule has 19 heavy (non-hydrogen) atoms. The molecule has 0 saturated carbocycles. The van der Waals surface area contributed by atoms with Gasteiger partial charge in [0.1, 0.15) is 12.4 Å². The zero-order valence-corrected chi connectivity index (χ0v) is 11.1. The van der Waals surface area contributed by atoms with Gasteiger partial charge in [-0.3, -0.25) is 4.79 Å². The van der Waals surface area contributed by atoms with Crippen molar-refractivity contribution in [2.24, 2.45) is 0 Å². The highest BCUT2D eigenvalue weighted by atomic mass is 16.5. The second-order valence-electron chi connectivity index (χ2n) is 4.26. The number of nitrogens with one attached hydrogen (secondary N) is 1. The standard InChI is InChI=1S/C15H17NO3/c1-18-10-15(17)16-9-11-3-4-13-8-14(19-2)6-5-12(13)7-11/h3-8H,9-10H2,1-2H3,(H,16,17). The van der Waals surface area contributed by atoms with Crippen LogP contribution in [0.15, 0.2) is 36.4 Å². The lowest BCUT2D eigenvalue weighted by atomic mass is 10.1. The van der Waals surface area contributed by atoms with Crippen molar-refractivity contribution in [2.45, 2.75) is 6.54 Å². The number of hydrogen-bond acceptors (Lipinski definition) is 3. The van der Waals surface area contributed by atoms with E-state index < -0.39 is 0 Å². The fourth-order valence-corrected chi connectivity index (χ4v) is 1.89. The molecule has 4 nitrogen and oxygen atoms in total. The molecule has 0 aromatic heterocycles. The van der Waals surface area contributed by atoms with Gasteiger partial charge in [-0.05, 0) is 34.5 Å². The molecule has 2 aromatic carbocycles. The van der Waals surface area contributed by atoms with Crippen LogP contribution in [0.2, 0.25) is 0 Å². The molecular weight excluding hydrogens is 242 g/mol. The average molecular weight is 259 g/mol. The molecule has 0 fully saturated rings. The number of fused-ring (bicyclic) bond motifs is 1. The Morgan fingerprint density at radius 3 is 2.58 bits per heavy atom. The van der Waals surface area contributed by atoms with Crippen LogP contribution in [0.25, 0.3) is 10.8 Å². The molecule has 0 radical (unpaired) electrons. The molecule has 4 heteroatoms. The van der Waals surface area contributed by atoms with Crippen molar-refractivity contribution in [2.75, 3.05) is 20.8 Å². The van der Waals surface area contributed by atoms with Crippen LogP contribution in [0.4, 0.5) is 0 Å². The van der Waals surface area contributed by atoms with E-state index in [4.69, 9.17) is 9.47 Å². The van der Waals surface area contributed by atoms with Gasteiger partial charge in [-0.25, -0.2) is 0 Å². The average Bonchev–Trinajstić information content (AvgIpc) is 2.44. The van der Waals surface area contributed by atoms with E-state index in [1.54, 1.807) is 7.11 Å². The van der Waals surface area contributed by atoms with Crippen LogP contribution in [0.1, 0.15) is 5.56 Å². The topological polar surface area (TPSA) is 47.6 Å². The van der Waals surface area contributed by atoms with Crippen molar-refractivity contribution in [1.82, 2.24) is 5.32 Å². The summed E-state index contributed by atoms with van der Waals surface area (Å²) in [7, 11) is 3.16. The van der Waals surface area contributed by atoms with Crippen molar-refractivity contribution in [3.05, 3.63) is 42.0 Å². The van der Waals surface area contributed by atoms with Gasteiger partial charge in [-0.15, -0.1) is 0 Å². The molecule has 0 spiro atoms. The Kier molecular flexibility index (Phi) is 4.36. The molecule has 0 heterocycles. The summed E-state index contributed by atoms with van der Waals surface area (Å²) < 4.78 is 9.95. The van der Waals surface area contributed by atoms with Crippen LogP contribution in [-0.2, 0) is 16.1 Å². The second kappa shape index (κ2) is 6.20.